The number of rotatable bonds is 9. The van der Waals surface area contributed by atoms with Crippen molar-refractivity contribution in [3.05, 3.63) is 58.6 Å². The third-order valence-electron chi connectivity index (χ3n) is 7.30. The van der Waals surface area contributed by atoms with Gasteiger partial charge in [-0.1, -0.05) is 36.6 Å². The summed E-state index contributed by atoms with van der Waals surface area (Å²) in [4.78, 5) is 40.9. The van der Waals surface area contributed by atoms with Gasteiger partial charge in [0.1, 0.15) is 6.04 Å². The van der Waals surface area contributed by atoms with Gasteiger partial charge in [-0.3, -0.25) is 14.4 Å². The van der Waals surface area contributed by atoms with E-state index >= 15 is 0 Å². The summed E-state index contributed by atoms with van der Waals surface area (Å²) in [7, 11) is 0. The molecule has 0 spiro atoms. The van der Waals surface area contributed by atoms with Gasteiger partial charge >= 0.3 is 6.18 Å². The van der Waals surface area contributed by atoms with Crippen LogP contribution < -0.4 is 16.0 Å². The molecule has 1 aliphatic carbocycles. The van der Waals surface area contributed by atoms with E-state index in [4.69, 9.17) is 17.3 Å². The van der Waals surface area contributed by atoms with Crippen molar-refractivity contribution in [2.75, 3.05) is 11.4 Å². The second-order valence-electron chi connectivity index (χ2n) is 10.2. The van der Waals surface area contributed by atoms with Gasteiger partial charge in [-0.25, -0.2) is 0 Å². The fourth-order valence-electron chi connectivity index (χ4n) is 5.07. The molecular weight excluding hydrogens is 533 g/mol. The minimum absolute atomic E-state index is 0.0529. The zero-order valence-electron chi connectivity index (χ0n) is 21.0. The molecule has 4 rings (SSSR count). The number of fused-ring (bicyclic) bond motifs is 1. The number of carbonyl (C=O) groups excluding carboxylic acids is 3. The zero-order chi connectivity index (χ0) is 28.3. The van der Waals surface area contributed by atoms with E-state index in [0.29, 0.717) is 27.5 Å². The normalized spacial score (nSPS) is 18.9. The molecule has 7 nitrogen and oxygen atoms in total. The summed E-state index contributed by atoms with van der Waals surface area (Å²) in [5.41, 5.74) is 7.65. The lowest BCUT2D eigenvalue weighted by Gasteiger charge is -2.30. The molecule has 206 valence electrons. The minimum Gasteiger partial charge on any atom is -0.369 e. The molecule has 1 heterocycles. The van der Waals surface area contributed by atoms with Crippen LogP contribution in [0.4, 0.5) is 24.5 Å². The molecule has 2 aliphatic rings. The molecule has 11 heteroatoms. The second kappa shape index (κ2) is 11.7. The van der Waals surface area contributed by atoms with Gasteiger partial charge in [0.2, 0.25) is 11.8 Å². The van der Waals surface area contributed by atoms with E-state index in [0.717, 1.165) is 12.8 Å². The summed E-state index contributed by atoms with van der Waals surface area (Å²) in [6.07, 6.45) is -4.63. The Hall–Kier alpha value is -3.58. The number of primary amides is 1. The van der Waals surface area contributed by atoms with Crippen LogP contribution in [-0.4, -0.2) is 36.4 Å². The highest BCUT2D eigenvalue weighted by Crippen LogP contribution is 2.40. The average Bonchev–Trinajstić information content (AvgIpc) is 3.71. The smallest absolute Gasteiger partial charge is 0.369 e. The predicted molar refractivity (Wildman–Crippen MR) is 139 cm³/mol. The number of carbonyl (C=O) groups is 3. The lowest BCUT2D eigenvalue weighted by atomic mass is 9.83. The Morgan fingerprint density at radius 2 is 1.90 bits per heavy atom. The molecule has 2 aromatic carbocycles. The topological polar surface area (TPSA) is 116 Å². The van der Waals surface area contributed by atoms with Crippen molar-refractivity contribution in [3.63, 3.8) is 0 Å². The molecule has 0 bridgehead atoms. The molecule has 2 aromatic rings. The molecule has 3 N–H and O–H groups in total. The quantitative estimate of drug-likeness (QED) is 0.456. The largest absolute Gasteiger partial charge is 0.389 e. The van der Waals surface area contributed by atoms with Gasteiger partial charge in [0.25, 0.3) is 0 Å². The van der Waals surface area contributed by atoms with Gasteiger partial charge < -0.3 is 16.0 Å². The number of nitriles is 1. The van der Waals surface area contributed by atoms with Gasteiger partial charge in [-0.2, -0.15) is 18.4 Å². The minimum atomic E-state index is -4.53. The van der Waals surface area contributed by atoms with Crippen molar-refractivity contribution >= 4 is 40.6 Å². The Morgan fingerprint density at radius 1 is 1.18 bits per heavy atom. The number of halogens is 4. The number of Topliss-reactive ketones (excluding diaryl/α,β-unsaturated/α-hetero) is 1. The maximum absolute atomic E-state index is 13.5. The van der Waals surface area contributed by atoms with Crippen LogP contribution in [0.3, 0.4) is 0 Å². The van der Waals surface area contributed by atoms with E-state index in [1.165, 1.54) is 0 Å². The number of amides is 2. The Bertz CT molecular complexity index is 1310. The third-order valence-corrected chi connectivity index (χ3v) is 7.66. The highest BCUT2D eigenvalue weighted by Gasteiger charge is 2.41. The number of nitrogens with zero attached hydrogens (tertiary/aromatic N) is 2. The molecule has 3 atom stereocenters. The van der Waals surface area contributed by atoms with Crippen LogP contribution in [0.2, 0.25) is 5.02 Å². The Labute approximate surface area is 229 Å². The summed E-state index contributed by atoms with van der Waals surface area (Å²) < 4.78 is 39.4. The van der Waals surface area contributed by atoms with E-state index in [2.05, 4.69) is 11.4 Å². The molecular formula is C28H28ClF3N4O3. The first kappa shape index (κ1) is 28.4. The molecule has 0 radical (unpaired) electrons. The predicted octanol–water partition coefficient (Wildman–Crippen LogP) is 4.82. The zero-order valence-corrected chi connectivity index (χ0v) is 21.8. The summed E-state index contributed by atoms with van der Waals surface area (Å²) in [5, 5.41) is 12.4. The maximum Gasteiger partial charge on any atom is 0.389 e. The Morgan fingerprint density at radius 3 is 2.54 bits per heavy atom. The monoisotopic (exact) mass is 560 g/mol. The standard InChI is InChI=1S/C28H28ClF3N4O3/c29-22-5-2-6-24-21(22)13-25(37)23(15-36(24)18-4-1-3-17(11-18)14-33)35-27(39)19(9-10-28(30,31)32)20(26(34)38)12-16-7-8-16/h1-6,11,16,19-20,23H,7-10,12-13,15H2,(H2,34,38)(H,35,39)/t19-,20+,23+/m1/s1. The number of nitrogens with two attached hydrogens (primary N) is 1. The number of hydrogen-bond donors (Lipinski definition) is 2. The fraction of sp³-hybridized carbons (Fsp3) is 0.429. The molecule has 39 heavy (non-hydrogen) atoms. The van der Waals surface area contributed by atoms with Gasteiger partial charge in [0.15, 0.2) is 5.78 Å². The van der Waals surface area contributed by atoms with E-state index in [1.54, 1.807) is 47.4 Å². The van der Waals surface area contributed by atoms with Crippen molar-refractivity contribution in [2.45, 2.75) is 50.7 Å². The average molecular weight is 561 g/mol. The maximum atomic E-state index is 13.5. The summed E-state index contributed by atoms with van der Waals surface area (Å²) >= 11 is 6.43. The van der Waals surface area contributed by atoms with Crippen LogP contribution in [0.15, 0.2) is 42.5 Å². The second-order valence-corrected chi connectivity index (χ2v) is 10.6. The van der Waals surface area contributed by atoms with Crippen molar-refractivity contribution in [3.8, 4) is 6.07 Å². The molecule has 1 aliphatic heterocycles. The van der Waals surface area contributed by atoms with Gasteiger partial charge in [0, 0.05) is 46.6 Å². The van der Waals surface area contributed by atoms with Crippen LogP contribution in [0.5, 0.6) is 0 Å². The molecule has 1 fully saturated rings. The van der Waals surface area contributed by atoms with Gasteiger partial charge in [-0.05, 0) is 49.1 Å². The first-order chi connectivity index (χ1) is 18.5. The summed E-state index contributed by atoms with van der Waals surface area (Å²) in [5.74, 6) is -4.29. The van der Waals surface area contributed by atoms with Crippen molar-refractivity contribution in [1.82, 2.24) is 5.32 Å². The SMILES string of the molecule is N#Cc1cccc(N2C[C@H](NC(=O)[C@H](CCC(F)(F)F)[C@H](CC3CC3)C(N)=O)C(=O)Cc3c(Cl)cccc32)c1. The first-order valence-electron chi connectivity index (χ1n) is 12.7. The highest BCUT2D eigenvalue weighted by atomic mass is 35.5. The number of benzene rings is 2. The number of nitrogens with one attached hydrogen (secondary N) is 1. The molecule has 1 saturated carbocycles. The third kappa shape index (κ3) is 7.09. The van der Waals surface area contributed by atoms with E-state index in [1.807, 2.05) is 0 Å². The fourth-order valence-corrected chi connectivity index (χ4v) is 5.31. The Kier molecular flexibility index (Phi) is 8.50. The van der Waals surface area contributed by atoms with E-state index < -0.39 is 48.7 Å². The number of hydrogen-bond acceptors (Lipinski definition) is 5. The van der Waals surface area contributed by atoms with Crippen molar-refractivity contribution in [2.24, 2.45) is 23.5 Å². The number of alkyl halides is 3. The van der Waals surface area contributed by atoms with Crippen LogP contribution in [0.1, 0.15) is 43.2 Å². The number of ketones is 1. The molecule has 0 unspecified atom stereocenters. The van der Waals surface area contributed by atoms with Crippen LogP contribution in [0, 0.1) is 29.1 Å². The molecule has 2 amide bonds. The Balaban J connectivity index is 1.65. The van der Waals surface area contributed by atoms with E-state index in [-0.39, 0.29) is 31.1 Å². The van der Waals surface area contributed by atoms with Crippen LogP contribution >= 0.6 is 11.6 Å². The summed E-state index contributed by atoms with van der Waals surface area (Å²) in [6, 6.07) is 12.8. The molecule has 0 saturated heterocycles. The van der Waals surface area contributed by atoms with E-state index in [9.17, 15) is 32.8 Å². The first-order valence-corrected chi connectivity index (χ1v) is 13.1. The summed E-state index contributed by atoms with van der Waals surface area (Å²) in [6.45, 7) is -0.0529. The van der Waals surface area contributed by atoms with Crippen LogP contribution in [0.25, 0.3) is 0 Å². The number of anilines is 2. The van der Waals surface area contributed by atoms with Crippen molar-refractivity contribution < 1.29 is 27.6 Å². The van der Waals surface area contributed by atoms with Crippen molar-refractivity contribution in [1.29, 1.82) is 5.26 Å². The lowest BCUT2D eigenvalue weighted by molar-refractivity contribution is -0.146. The van der Waals surface area contributed by atoms with Gasteiger partial charge in [0.05, 0.1) is 18.2 Å². The lowest BCUT2D eigenvalue weighted by Crippen LogP contribution is -2.51. The molecule has 0 aromatic heterocycles. The van der Waals surface area contributed by atoms with Crippen LogP contribution in [-0.2, 0) is 20.8 Å². The highest BCUT2D eigenvalue weighted by molar-refractivity contribution is 6.32. The van der Waals surface area contributed by atoms with Gasteiger partial charge in [-0.15, -0.1) is 0 Å².